The van der Waals surface area contributed by atoms with Crippen LogP contribution in [-0.4, -0.2) is 23.1 Å². The summed E-state index contributed by atoms with van der Waals surface area (Å²) in [6.07, 6.45) is 0. The normalized spacial score (nSPS) is 10.7. The van der Waals surface area contributed by atoms with Crippen LogP contribution in [0.1, 0.15) is 30.5 Å². The monoisotopic (exact) mass is 341 g/mol. The fraction of sp³-hybridized carbons (Fsp3) is 0.350. The summed E-state index contributed by atoms with van der Waals surface area (Å²) >= 11 is 5.36. The van der Waals surface area contributed by atoms with Gasteiger partial charge in [0, 0.05) is 18.8 Å². The lowest BCUT2D eigenvalue weighted by atomic mass is 10.1. The Bertz CT molecular complexity index is 648. The molecular formula is C20H27N3S. The highest BCUT2D eigenvalue weighted by atomic mass is 32.1. The average Bonchev–Trinajstić information content (AvgIpc) is 2.59. The van der Waals surface area contributed by atoms with Crippen LogP contribution in [0.2, 0.25) is 0 Å². The van der Waals surface area contributed by atoms with Gasteiger partial charge in [-0.1, -0.05) is 50.2 Å². The summed E-state index contributed by atoms with van der Waals surface area (Å²) in [5.74, 6) is 0. The average molecular weight is 342 g/mol. The van der Waals surface area contributed by atoms with Crippen LogP contribution in [-0.2, 0) is 13.1 Å². The van der Waals surface area contributed by atoms with Crippen molar-refractivity contribution >= 4 is 23.0 Å². The maximum absolute atomic E-state index is 5.36. The van der Waals surface area contributed by atoms with E-state index in [2.05, 4.69) is 72.7 Å². The van der Waals surface area contributed by atoms with E-state index in [9.17, 15) is 0 Å². The van der Waals surface area contributed by atoms with Crippen LogP contribution in [0.5, 0.6) is 0 Å². The molecule has 0 saturated heterocycles. The van der Waals surface area contributed by atoms with E-state index in [1.54, 1.807) is 0 Å². The molecule has 0 spiro atoms. The van der Waals surface area contributed by atoms with Crippen molar-refractivity contribution in [2.45, 2.75) is 33.9 Å². The third-order valence-electron chi connectivity index (χ3n) is 4.05. The topological polar surface area (TPSA) is 27.3 Å². The van der Waals surface area contributed by atoms with Crippen molar-refractivity contribution in [3.8, 4) is 0 Å². The standard InChI is InChI=1S/C20H27N3S/c1-4-23(5-2)15-18-11-9-17(10-12-18)14-21-20(24)22-19-8-6-7-16(3)13-19/h6-13H,4-5,14-15H2,1-3H3,(H2,21,22,24). The van der Waals surface area contributed by atoms with Crippen LogP contribution in [0.4, 0.5) is 5.69 Å². The van der Waals surface area contributed by atoms with Crippen molar-refractivity contribution in [1.82, 2.24) is 10.2 Å². The number of hydrogen-bond acceptors (Lipinski definition) is 2. The van der Waals surface area contributed by atoms with Crippen LogP contribution < -0.4 is 10.6 Å². The minimum atomic E-state index is 0.646. The number of nitrogens with zero attached hydrogens (tertiary/aromatic N) is 1. The Morgan fingerprint density at radius 1 is 1.00 bits per heavy atom. The lowest BCUT2D eigenvalue weighted by Gasteiger charge is -2.18. The largest absolute Gasteiger partial charge is 0.358 e. The van der Waals surface area contributed by atoms with Gasteiger partial charge < -0.3 is 10.6 Å². The Balaban J connectivity index is 1.82. The van der Waals surface area contributed by atoms with Crippen LogP contribution in [0.25, 0.3) is 0 Å². The predicted molar refractivity (Wildman–Crippen MR) is 107 cm³/mol. The van der Waals surface area contributed by atoms with Gasteiger partial charge in [0.1, 0.15) is 0 Å². The molecule has 0 unspecified atom stereocenters. The number of hydrogen-bond donors (Lipinski definition) is 2. The van der Waals surface area contributed by atoms with E-state index in [0.29, 0.717) is 5.11 Å². The molecule has 0 aliphatic heterocycles. The number of thiocarbonyl (C=S) groups is 1. The Kier molecular flexibility index (Phi) is 7.22. The second-order valence-electron chi connectivity index (χ2n) is 5.96. The first kappa shape index (κ1) is 18.4. The zero-order valence-electron chi connectivity index (χ0n) is 14.8. The van der Waals surface area contributed by atoms with Crippen LogP contribution in [0, 0.1) is 6.92 Å². The Morgan fingerprint density at radius 3 is 2.29 bits per heavy atom. The van der Waals surface area contributed by atoms with Gasteiger partial charge in [0.15, 0.2) is 5.11 Å². The summed E-state index contributed by atoms with van der Waals surface area (Å²) in [4.78, 5) is 2.41. The molecule has 0 atom stereocenters. The lowest BCUT2D eigenvalue weighted by Crippen LogP contribution is -2.27. The smallest absolute Gasteiger partial charge is 0.171 e. The van der Waals surface area contributed by atoms with Gasteiger partial charge in [0.05, 0.1) is 0 Å². The van der Waals surface area contributed by atoms with Gasteiger partial charge in [-0.2, -0.15) is 0 Å². The molecule has 4 heteroatoms. The predicted octanol–water partition coefficient (Wildman–Crippen LogP) is 4.32. The molecule has 2 rings (SSSR count). The third kappa shape index (κ3) is 5.95. The SMILES string of the molecule is CCN(CC)Cc1ccc(CNC(=S)Nc2cccc(C)c2)cc1. The fourth-order valence-corrected chi connectivity index (χ4v) is 2.74. The van der Waals surface area contributed by atoms with Crippen molar-refractivity contribution in [3.63, 3.8) is 0 Å². The summed E-state index contributed by atoms with van der Waals surface area (Å²) < 4.78 is 0. The van der Waals surface area contributed by atoms with E-state index >= 15 is 0 Å². The summed E-state index contributed by atoms with van der Waals surface area (Å²) in [5, 5.41) is 7.12. The lowest BCUT2D eigenvalue weighted by molar-refractivity contribution is 0.296. The van der Waals surface area contributed by atoms with Crippen molar-refractivity contribution in [3.05, 3.63) is 65.2 Å². The highest BCUT2D eigenvalue weighted by Gasteiger charge is 2.02. The molecule has 0 heterocycles. The molecule has 2 aromatic rings. The summed E-state index contributed by atoms with van der Waals surface area (Å²) in [6.45, 7) is 10.4. The van der Waals surface area contributed by atoms with E-state index in [4.69, 9.17) is 12.2 Å². The molecule has 0 aliphatic carbocycles. The van der Waals surface area contributed by atoms with Gasteiger partial charge in [0.25, 0.3) is 0 Å². The second-order valence-corrected chi connectivity index (χ2v) is 6.36. The van der Waals surface area contributed by atoms with Gasteiger partial charge in [-0.3, -0.25) is 4.90 Å². The number of rotatable bonds is 7. The molecule has 0 aliphatic rings. The van der Waals surface area contributed by atoms with Gasteiger partial charge in [-0.15, -0.1) is 0 Å². The molecule has 0 fully saturated rings. The summed E-state index contributed by atoms with van der Waals surface area (Å²) in [6, 6.07) is 16.9. The van der Waals surface area contributed by atoms with Crippen molar-refractivity contribution in [2.75, 3.05) is 18.4 Å². The highest BCUT2D eigenvalue weighted by molar-refractivity contribution is 7.80. The molecule has 2 aromatic carbocycles. The zero-order chi connectivity index (χ0) is 17.4. The van der Waals surface area contributed by atoms with Crippen LogP contribution in [0.15, 0.2) is 48.5 Å². The first-order valence-corrected chi connectivity index (χ1v) is 8.93. The third-order valence-corrected chi connectivity index (χ3v) is 4.30. The zero-order valence-corrected chi connectivity index (χ0v) is 15.6. The van der Waals surface area contributed by atoms with E-state index in [0.717, 1.165) is 31.9 Å². The van der Waals surface area contributed by atoms with Crippen molar-refractivity contribution < 1.29 is 0 Å². The summed E-state index contributed by atoms with van der Waals surface area (Å²) in [7, 11) is 0. The van der Waals surface area contributed by atoms with E-state index in [-0.39, 0.29) is 0 Å². The second kappa shape index (κ2) is 9.40. The Labute approximate surface area is 151 Å². The maximum Gasteiger partial charge on any atom is 0.171 e. The molecule has 0 saturated carbocycles. The number of aryl methyl sites for hydroxylation is 1. The highest BCUT2D eigenvalue weighted by Crippen LogP contribution is 2.10. The van der Waals surface area contributed by atoms with Gasteiger partial charge in [-0.05, 0) is 61.1 Å². The molecule has 0 radical (unpaired) electrons. The minimum Gasteiger partial charge on any atom is -0.358 e. The molecule has 3 nitrogen and oxygen atoms in total. The minimum absolute atomic E-state index is 0.646. The van der Waals surface area contributed by atoms with Crippen molar-refractivity contribution in [1.29, 1.82) is 0 Å². The van der Waals surface area contributed by atoms with E-state index in [1.165, 1.54) is 16.7 Å². The number of nitrogens with one attached hydrogen (secondary N) is 2. The summed E-state index contributed by atoms with van der Waals surface area (Å²) in [5.41, 5.74) is 4.81. The maximum atomic E-state index is 5.36. The quantitative estimate of drug-likeness (QED) is 0.733. The van der Waals surface area contributed by atoms with Crippen molar-refractivity contribution in [2.24, 2.45) is 0 Å². The molecule has 0 amide bonds. The molecule has 0 aromatic heterocycles. The first-order chi connectivity index (χ1) is 11.6. The Hall–Kier alpha value is -1.91. The van der Waals surface area contributed by atoms with Gasteiger partial charge in [-0.25, -0.2) is 0 Å². The molecule has 128 valence electrons. The first-order valence-electron chi connectivity index (χ1n) is 8.52. The molecule has 2 N–H and O–H groups in total. The molecular weight excluding hydrogens is 314 g/mol. The van der Waals surface area contributed by atoms with E-state index in [1.807, 2.05) is 12.1 Å². The van der Waals surface area contributed by atoms with Gasteiger partial charge in [0.2, 0.25) is 0 Å². The number of anilines is 1. The fourth-order valence-electron chi connectivity index (χ4n) is 2.55. The Morgan fingerprint density at radius 2 is 1.67 bits per heavy atom. The molecule has 0 bridgehead atoms. The number of benzene rings is 2. The van der Waals surface area contributed by atoms with Crippen LogP contribution in [0.3, 0.4) is 0 Å². The van der Waals surface area contributed by atoms with E-state index < -0.39 is 0 Å². The van der Waals surface area contributed by atoms with Crippen LogP contribution >= 0.6 is 12.2 Å². The molecule has 24 heavy (non-hydrogen) atoms. The van der Waals surface area contributed by atoms with Gasteiger partial charge >= 0.3 is 0 Å².